The van der Waals surface area contributed by atoms with Crippen molar-refractivity contribution in [1.29, 1.82) is 0 Å². The molecule has 22 heavy (non-hydrogen) atoms. The van der Waals surface area contributed by atoms with E-state index < -0.39 is 12.0 Å². The van der Waals surface area contributed by atoms with E-state index in [0.717, 1.165) is 5.56 Å². The predicted molar refractivity (Wildman–Crippen MR) is 82.1 cm³/mol. The molecule has 1 aliphatic rings. The van der Waals surface area contributed by atoms with Crippen molar-refractivity contribution >= 4 is 29.2 Å². The number of hydrogen-bond donors (Lipinski definition) is 2. The Hall–Kier alpha value is -2.67. The van der Waals surface area contributed by atoms with Crippen LogP contribution in [0.15, 0.2) is 40.8 Å². The SMILES string of the molecule is COC(=O)c1cccc(-c2ccc(C3NC(=S)NC3=O)o2)c1. The van der Waals surface area contributed by atoms with E-state index >= 15 is 0 Å². The Morgan fingerprint density at radius 1 is 1.32 bits per heavy atom. The van der Waals surface area contributed by atoms with Gasteiger partial charge in [0.1, 0.15) is 11.5 Å². The molecule has 1 aromatic carbocycles. The molecule has 2 heterocycles. The molecule has 1 atom stereocenters. The van der Waals surface area contributed by atoms with E-state index in [1.165, 1.54) is 7.11 Å². The monoisotopic (exact) mass is 316 g/mol. The number of esters is 1. The Kier molecular flexibility index (Phi) is 3.64. The zero-order chi connectivity index (χ0) is 15.7. The Balaban J connectivity index is 1.89. The molecule has 2 aromatic rings. The fraction of sp³-hybridized carbons (Fsp3) is 0.133. The van der Waals surface area contributed by atoms with E-state index in [0.29, 0.717) is 17.1 Å². The zero-order valence-electron chi connectivity index (χ0n) is 11.6. The van der Waals surface area contributed by atoms with Gasteiger partial charge in [0.15, 0.2) is 11.2 Å². The summed E-state index contributed by atoms with van der Waals surface area (Å²) in [6, 6.07) is 9.67. The number of ether oxygens (including phenoxy) is 1. The summed E-state index contributed by atoms with van der Waals surface area (Å²) in [5.41, 5.74) is 1.14. The van der Waals surface area contributed by atoms with E-state index in [4.69, 9.17) is 21.4 Å². The topological polar surface area (TPSA) is 80.6 Å². The number of nitrogens with one attached hydrogen (secondary N) is 2. The maximum absolute atomic E-state index is 11.7. The zero-order valence-corrected chi connectivity index (χ0v) is 12.4. The molecule has 1 aromatic heterocycles. The fourth-order valence-electron chi connectivity index (χ4n) is 2.20. The Morgan fingerprint density at radius 2 is 2.14 bits per heavy atom. The molecule has 0 saturated carbocycles. The molecule has 2 N–H and O–H groups in total. The average Bonchev–Trinajstić information content (AvgIpc) is 3.13. The van der Waals surface area contributed by atoms with Crippen LogP contribution in [-0.2, 0) is 9.53 Å². The summed E-state index contributed by atoms with van der Waals surface area (Å²) in [5.74, 6) is 0.328. The molecule has 0 bridgehead atoms. The van der Waals surface area contributed by atoms with Crippen LogP contribution in [-0.4, -0.2) is 24.1 Å². The highest BCUT2D eigenvalue weighted by Crippen LogP contribution is 2.27. The van der Waals surface area contributed by atoms with E-state index in [1.807, 2.05) is 6.07 Å². The third-order valence-corrected chi connectivity index (χ3v) is 3.47. The van der Waals surface area contributed by atoms with Crippen LogP contribution in [0.2, 0.25) is 0 Å². The van der Waals surface area contributed by atoms with Gasteiger partial charge in [-0.2, -0.15) is 0 Å². The van der Waals surface area contributed by atoms with Crippen LogP contribution >= 0.6 is 12.2 Å². The molecule has 7 heteroatoms. The third-order valence-electron chi connectivity index (χ3n) is 3.25. The van der Waals surface area contributed by atoms with Crippen molar-refractivity contribution in [1.82, 2.24) is 10.6 Å². The predicted octanol–water partition coefficient (Wildman–Crippen LogP) is 1.78. The second-order valence-corrected chi connectivity index (χ2v) is 5.08. The van der Waals surface area contributed by atoms with Gasteiger partial charge in [-0.25, -0.2) is 4.79 Å². The lowest BCUT2D eigenvalue weighted by Gasteiger charge is -2.04. The summed E-state index contributed by atoms with van der Waals surface area (Å²) >= 11 is 4.90. The first-order valence-corrected chi connectivity index (χ1v) is 6.89. The van der Waals surface area contributed by atoms with Crippen molar-refractivity contribution in [2.45, 2.75) is 6.04 Å². The van der Waals surface area contributed by atoms with Crippen molar-refractivity contribution in [3.63, 3.8) is 0 Å². The van der Waals surface area contributed by atoms with Gasteiger partial charge in [-0.15, -0.1) is 0 Å². The molecule has 112 valence electrons. The third kappa shape index (κ3) is 2.58. The Morgan fingerprint density at radius 3 is 2.82 bits per heavy atom. The normalized spacial score (nSPS) is 17.0. The molecule has 3 rings (SSSR count). The average molecular weight is 316 g/mol. The standard InChI is InChI=1S/C15H12N2O4S/c1-20-14(19)9-4-2-3-8(7-9)10-5-6-11(21-10)12-13(18)17-15(22)16-12/h2-7,12H,1H3,(H2,16,17,18,22). The van der Waals surface area contributed by atoms with E-state index in [2.05, 4.69) is 10.6 Å². The summed E-state index contributed by atoms with van der Waals surface area (Å²) in [6.07, 6.45) is 0. The van der Waals surface area contributed by atoms with Crippen LogP contribution in [0.25, 0.3) is 11.3 Å². The quantitative estimate of drug-likeness (QED) is 0.664. The van der Waals surface area contributed by atoms with Crippen molar-refractivity contribution in [2.75, 3.05) is 7.11 Å². The Bertz CT molecular complexity index is 768. The van der Waals surface area contributed by atoms with Gasteiger partial charge in [-0.1, -0.05) is 12.1 Å². The number of furan rings is 1. The second kappa shape index (κ2) is 5.61. The minimum Gasteiger partial charge on any atom is -0.465 e. The van der Waals surface area contributed by atoms with Crippen LogP contribution < -0.4 is 10.6 Å². The molecule has 0 radical (unpaired) electrons. The first kappa shape index (κ1) is 14.3. The van der Waals surface area contributed by atoms with Gasteiger partial charge in [0.25, 0.3) is 5.91 Å². The number of carbonyl (C=O) groups is 2. The molecule has 1 amide bonds. The molecule has 0 aliphatic carbocycles. The number of benzene rings is 1. The van der Waals surface area contributed by atoms with Crippen LogP contribution in [0.1, 0.15) is 22.2 Å². The first-order valence-electron chi connectivity index (χ1n) is 6.48. The van der Waals surface area contributed by atoms with Gasteiger partial charge in [0.05, 0.1) is 12.7 Å². The fourth-order valence-corrected chi connectivity index (χ4v) is 2.42. The maximum Gasteiger partial charge on any atom is 0.337 e. The van der Waals surface area contributed by atoms with Gasteiger partial charge in [-0.05, 0) is 36.5 Å². The van der Waals surface area contributed by atoms with Gasteiger partial charge in [0, 0.05) is 5.56 Å². The Labute approximate surface area is 131 Å². The minimum absolute atomic E-state index is 0.255. The molecule has 1 saturated heterocycles. The van der Waals surface area contributed by atoms with Gasteiger partial charge in [-0.3, -0.25) is 4.79 Å². The van der Waals surface area contributed by atoms with Crippen LogP contribution in [0.4, 0.5) is 0 Å². The minimum atomic E-state index is -0.634. The highest BCUT2D eigenvalue weighted by Gasteiger charge is 2.31. The number of carbonyl (C=O) groups excluding carboxylic acids is 2. The lowest BCUT2D eigenvalue weighted by Crippen LogP contribution is -2.21. The van der Waals surface area contributed by atoms with Crippen molar-refractivity contribution in [3.05, 3.63) is 47.7 Å². The number of methoxy groups -OCH3 is 1. The maximum atomic E-state index is 11.7. The lowest BCUT2D eigenvalue weighted by molar-refractivity contribution is -0.120. The summed E-state index contributed by atoms with van der Waals surface area (Å²) in [4.78, 5) is 23.3. The molecular weight excluding hydrogens is 304 g/mol. The smallest absolute Gasteiger partial charge is 0.337 e. The first-order chi connectivity index (χ1) is 10.6. The largest absolute Gasteiger partial charge is 0.465 e. The van der Waals surface area contributed by atoms with Crippen LogP contribution in [0.5, 0.6) is 0 Å². The second-order valence-electron chi connectivity index (χ2n) is 4.67. The van der Waals surface area contributed by atoms with Gasteiger partial charge >= 0.3 is 5.97 Å². The molecule has 6 nitrogen and oxygen atoms in total. The summed E-state index contributed by atoms with van der Waals surface area (Å²) < 4.78 is 10.4. The van der Waals surface area contributed by atoms with E-state index in [1.54, 1.807) is 30.3 Å². The van der Waals surface area contributed by atoms with Gasteiger partial charge < -0.3 is 19.8 Å². The number of hydrogen-bond acceptors (Lipinski definition) is 5. The summed E-state index contributed by atoms with van der Waals surface area (Å²) in [7, 11) is 1.33. The lowest BCUT2D eigenvalue weighted by atomic mass is 10.1. The summed E-state index contributed by atoms with van der Waals surface area (Å²) in [5, 5.41) is 5.61. The van der Waals surface area contributed by atoms with Crippen molar-refractivity contribution in [3.8, 4) is 11.3 Å². The summed E-state index contributed by atoms with van der Waals surface area (Å²) in [6.45, 7) is 0. The number of thiocarbonyl (C=S) groups is 1. The highest BCUT2D eigenvalue weighted by atomic mass is 32.1. The van der Waals surface area contributed by atoms with E-state index in [9.17, 15) is 9.59 Å². The molecular formula is C15H12N2O4S. The molecule has 1 unspecified atom stereocenters. The molecule has 1 fully saturated rings. The van der Waals surface area contributed by atoms with Crippen LogP contribution in [0.3, 0.4) is 0 Å². The highest BCUT2D eigenvalue weighted by molar-refractivity contribution is 7.80. The van der Waals surface area contributed by atoms with Crippen molar-refractivity contribution in [2.24, 2.45) is 0 Å². The molecule has 1 aliphatic heterocycles. The van der Waals surface area contributed by atoms with Crippen LogP contribution in [0, 0.1) is 0 Å². The number of rotatable bonds is 3. The number of amides is 1. The van der Waals surface area contributed by atoms with Crippen molar-refractivity contribution < 1.29 is 18.7 Å². The van der Waals surface area contributed by atoms with E-state index in [-0.39, 0.29) is 11.0 Å². The molecule has 0 spiro atoms. The van der Waals surface area contributed by atoms with Gasteiger partial charge in [0.2, 0.25) is 0 Å².